The minimum Gasteiger partial charge on any atom is -0.469 e. The van der Waals surface area contributed by atoms with Gasteiger partial charge in [0.2, 0.25) is 11.8 Å². The normalized spacial score (nSPS) is 26.4. The summed E-state index contributed by atoms with van der Waals surface area (Å²) < 4.78 is 4.39. The highest BCUT2D eigenvalue weighted by Gasteiger charge is 2.32. The Morgan fingerprint density at radius 3 is 2.57 bits per heavy atom. The average molecular weight is 200 g/mol. The van der Waals surface area contributed by atoms with Crippen molar-refractivity contribution in [3.05, 3.63) is 0 Å². The molecule has 0 saturated carbocycles. The average Bonchev–Trinajstić information content (AvgIpc) is 2.14. The first-order chi connectivity index (χ1) is 6.54. The zero-order chi connectivity index (χ0) is 10.7. The molecule has 1 heterocycles. The number of rotatable bonds is 2. The van der Waals surface area contributed by atoms with Crippen LogP contribution in [0.5, 0.6) is 0 Å². The molecule has 0 bridgehead atoms. The van der Waals surface area contributed by atoms with Gasteiger partial charge in [0.25, 0.3) is 0 Å². The van der Waals surface area contributed by atoms with Crippen LogP contribution in [0.4, 0.5) is 0 Å². The molecule has 2 unspecified atom stereocenters. The standard InChI is InChI=1S/C8H12N2O4/c1-4-7(12)10-5(8(13)9-4)3-6(11)14-2/h4-5H,3H2,1-2H3,(H,9,13)(H,10,12). The number of amides is 2. The summed E-state index contributed by atoms with van der Waals surface area (Å²) in [5.41, 5.74) is 0. The second-order valence-corrected chi connectivity index (χ2v) is 3.07. The summed E-state index contributed by atoms with van der Waals surface area (Å²) in [6.45, 7) is 1.57. The third kappa shape index (κ3) is 2.21. The minimum atomic E-state index is -0.814. The van der Waals surface area contributed by atoms with Gasteiger partial charge in [-0.05, 0) is 6.92 Å². The summed E-state index contributed by atoms with van der Waals surface area (Å²) in [7, 11) is 1.23. The molecule has 0 aromatic heterocycles. The molecule has 0 aliphatic carbocycles. The van der Waals surface area contributed by atoms with Crippen molar-refractivity contribution in [2.45, 2.75) is 25.4 Å². The molecular formula is C8H12N2O4. The smallest absolute Gasteiger partial charge is 0.308 e. The quantitative estimate of drug-likeness (QED) is 0.534. The van der Waals surface area contributed by atoms with Gasteiger partial charge in [-0.25, -0.2) is 0 Å². The zero-order valence-corrected chi connectivity index (χ0v) is 7.99. The van der Waals surface area contributed by atoms with Gasteiger partial charge in [-0.15, -0.1) is 0 Å². The van der Waals surface area contributed by atoms with E-state index in [1.807, 2.05) is 0 Å². The molecule has 0 aromatic carbocycles. The van der Waals surface area contributed by atoms with Crippen molar-refractivity contribution < 1.29 is 19.1 Å². The maximum atomic E-state index is 11.3. The Morgan fingerprint density at radius 2 is 2.00 bits per heavy atom. The second kappa shape index (κ2) is 4.08. The van der Waals surface area contributed by atoms with Crippen LogP contribution in [0.15, 0.2) is 0 Å². The largest absolute Gasteiger partial charge is 0.469 e. The van der Waals surface area contributed by atoms with Crippen LogP contribution in [0.2, 0.25) is 0 Å². The Morgan fingerprint density at radius 1 is 1.36 bits per heavy atom. The van der Waals surface area contributed by atoms with Gasteiger partial charge in [-0.1, -0.05) is 0 Å². The van der Waals surface area contributed by atoms with E-state index in [9.17, 15) is 14.4 Å². The molecule has 1 saturated heterocycles. The van der Waals surface area contributed by atoms with Crippen molar-refractivity contribution in [2.75, 3.05) is 7.11 Å². The highest BCUT2D eigenvalue weighted by Crippen LogP contribution is 2.01. The Hall–Kier alpha value is -1.59. The van der Waals surface area contributed by atoms with E-state index >= 15 is 0 Å². The summed E-state index contributed by atoms with van der Waals surface area (Å²) >= 11 is 0. The van der Waals surface area contributed by atoms with E-state index in [1.165, 1.54) is 7.11 Å². The van der Waals surface area contributed by atoms with Crippen LogP contribution in [-0.4, -0.2) is 37.0 Å². The van der Waals surface area contributed by atoms with Crippen LogP contribution in [0.1, 0.15) is 13.3 Å². The number of hydrogen-bond donors (Lipinski definition) is 2. The van der Waals surface area contributed by atoms with E-state index in [-0.39, 0.29) is 18.2 Å². The van der Waals surface area contributed by atoms with Gasteiger partial charge in [-0.2, -0.15) is 0 Å². The number of piperazine rings is 1. The molecule has 6 nitrogen and oxygen atoms in total. The van der Waals surface area contributed by atoms with Crippen molar-refractivity contribution in [1.82, 2.24) is 10.6 Å². The van der Waals surface area contributed by atoms with Gasteiger partial charge in [0.1, 0.15) is 12.1 Å². The summed E-state index contributed by atoms with van der Waals surface area (Å²) in [6, 6.07) is -1.36. The van der Waals surface area contributed by atoms with Crippen molar-refractivity contribution in [3.8, 4) is 0 Å². The zero-order valence-electron chi connectivity index (χ0n) is 7.99. The maximum absolute atomic E-state index is 11.3. The summed E-state index contributed by atoms with van der Waals surface area (Å²) in [5, 5.41) is 4.88. The number of carbonyl (C=O) groups excluding carboxylic acids is 3. The molecular weight excluding hydrogens is 188 g/mol. The molecule has 2 atom stereocenters. The SMILES string of the molecule is COC(=O)CC1NC(=O)C(C)NC1=O. The van der Waals surface area contributed by atoms with Gasteiger partial charge in [0.05, 0.1) is 13.5 Å². The lowest BCUT2D eigenvalue weighted by Gasteiger charge is -2.26. The van der Waals surface area contributed by atoms with Gasteiger partial charge in [0, 0.05) is 0 Å². The van der Waals surface area contributed by atoms with Crippen LogP contribution in [0.25, 0.3) is 0 Å². The molecule has 78 valence electrons. The van der Waals surface area contributed by atoms with E-state index in [0.717, 1.165) is 0 Å². The summed E-state index contributed by atoms with van der Waals surface area (Å²) in [4.78, 5) is 33.3. The van der Waals surface area contributed by atoms with Crippen LogP contribution in [0.3, 0.4) is 0 Å². The lowest BCUT2D eigenvalue weighted by molar-refractivity contribution is -0.145. The Kier molecular flexibility index (Phi) is 3.06. The van der Waals surface area contributed by atoms with Crippen LogP contribution in [0, 0.1) is 0 Å². The molecule has 1 rings (SSSR count). The molecule has 6 heteroatoms. The Bertz CT molecular complexity index is 275. The molecule has 2 amide bonds. The van der Waals surface area contributed by atoms with Crippen molar-refractivity contribution >= 4 is 17.8 Å². The Balaban J connectivity index is 2.57. The highest BCUT2D eigenvalue weighted by molar-refractivity contribution is 5.98. The fourth-order valence-electron chi connectivity index (χ4n) is 1.14. The molecule has 1 fully saturated rings. The molecule has 0 spiro atoms. The van der Waals surface area contributed by atoms with Gasteiger partial charge < -0.3 is 15.4 Å². The Labute approximate surface area is 81.0 Å². The first-order valence-electron chi connectivity index (χ1n) is 4.22. The van der Waals surface area contributed by atoms with Gasteiger partial charge in [-0.3, -0.25) is 14.4 Å². The number of nitrogens with one attached hydrogen (secondary N) is 2. The van der Waals surface area contributed by atoms with Crippen LogP contribution >= 0.6 is 0 Å². The van der Waals surface area contributed by atoms with Crippen molar-refractivity contribution in [2.24, 2.45) is 0 Å². The monoisotopic (exact) mass is 200 g/mol. The molecule has 0 radical (unpaired) electrons. The third-order valence-corrected chi connectivity index (χ3v) is 1.98. The lowest BCUT2D eigenvalue weighted by Crippen LogP contribution is -2.61. The highest BCUT2D eigenvalue weighted by atomic mass is 16.5. The number of carbonyl (C=O) groups is 3. The van der Waals surface area contributed by atoms with Gasteiger partial charge in [0.15, 0.2) is 0 Å². The molecule has 1 aliphatic rings. The number of ether oxygens (including phenoxy) is 1. The first-order valence-corrected chi connectivity index (χ1v) is 4.22. The van der Waals surface area contributed by atoms with Crippen molar-refractivity contribution in [1.29, 1.82) is 0 Å². The third-order valence-electron chi connectivity index (χ3n) is 1.98. The predicted molar refractivity (Wildman–Crippen MR) is 46.2 cm³/mol. The topological polar surface area (TPSA) is 84.5 Å². The van der Waals surface area contributed by atoms with E-state index in [1.54, 1.807) is 6.92 Å². The fraction of sp³-hybridized carbons (Fsp3) is 0.625. The number of esters is 1. The summed E-state index contributed by atoms with van der Waals surface area (Å²) in [6.07, 6.45) is -0.138. The van der Waals surface area contributed by atoms with Crippen molar-refractivity contribution in [3.63, 3.8) is 0 Å². The molecule has 14 heavy (non-hydrogen) atoms. The lowest BCUT2D eigenvalue weighted by atomic mass is 10.1. The van der Waals surface area contributed by atoms with Gasteiger partial charge >= 0.3 is 5.97 Å². The minimum absolute atomic E-state index is 0.138. The summed E-state index contributed by atoms with van der Waals surface area (Å²) in [5.74, 6) is -1.18. The molecule has 2 N–H and O–H groups in total. The fourth-order valence-corrected chi connectivity index (χ4v) is 1.14. The maximum Gasteiger partial charge on any atom is 0.308 e. The number of methoxy groups -OCH3 is 1. The van der Waals surface area contributed by atoms with E-state index < -0.39 is 18.1 Å². The second-order valence-electron chi connectivity index (χ2n) is 3.07. The first kappa shape index (κ1) is 10.5. The van der Waals surface area contributed by atoms with Crippen LogP contribution < -0.4 is 10.6 Å². The molecule has 1 aliphatic heterocycles. The van der Waals surface area contributed by atoms with Crippen LogP contribution in [-0.2, 0) is 19.1 Å². The number of hydrogen-bond acceptors (Lipinski definition) is 4. The molecule has 0 aromatic rings. The van der Waals surface area contributed by atoms with E-state index in [2.05, 4.69) is 15.4 Å². The predicted octanol–water partition coefficient (Wildman–Crippen LogP) is -1.45. The van der Waals surface area contributed by atoms with E-state index in [0.29, 0.717) is 0 Å². The van der Waals surface area contributed by atoms with E-state index in [4.69, 9.17) is 0 Å².